The van der Waals surface area contributed by atoms with Gasteiger partial charge in [-0.05, 0) is 42.8 Å². The van der Waals surface area contributed by atoms with Crippen LogP contribution in [0, 0.1) is 17.0 Å². The summed E-state index contributed by atoms with van der Waals surface area (Å²) in [5.74, 6) is 0.422. The van der Waals surface area contributed by atoms with E-state index in [1.807, 2.05) is 60.0 Å². The third-order valence-electron chi connectivity index (χ3n) is 5.47. The zero-order chi connectivity index (χ0) is 24.5. The van der Waals surface area contributed by atoms with Gasteiger partial charge in [-0.2, -0.15) is 9.78 Å². The number of benzene rings is 3. The third-order valence-corrected chi connectivity index (χ3v) is 5.72. The number of halogens is 1. The molecule has 0 aliphatic rings. The fourth-order valence-electron chi connectivity index (χ4n) is 3.84. The lowest BCUT2D eigenvalue weighted by molar-refractivity contribution is -0.384. The van der Waals surface area contributed by atoms with Gasteiger partial charge >= 0.3 is 0 Å². The molecule has 0 aliphatic heterocycles. The highest BCUT2D eigenvalue weighted by molar-refractivity contribution is 6.30. The highest BCUT2D eigenvalue weighted by Gasteiger charge is 2.20. The predicted molar refractivity (Wildman–Crippen MR) is 133 cm³/mol. The van der Waals surface area contributed by atoms with E-state index in [9.17, 15) is 14.9 Å². The molecule has 5 aromatic rings. The zero-order valence-electron chi connectivity index (χ0n) is 18.6. The Bertz CT molecular complexity index is 1570. The van der Waals surface area contributed by atoms with Crippen molar-refractivity contribution < 1.29 is 9.72 Å². The lowest BCUT2D eigenvalue weighted by atomic mass is 10.2. The number of nitro benzene ring substituents is 1. The number of amides is 1. The number of aryl methyl sites for hydroxylation is 1. The molecule has 35 heavy (non-hydrogen) atoms. The van der Waals surface area contributed by atoms with Gasteiger partial charge in [0.2, 0.25) is 5.95 Å². The smallest absolute Gasteiger partial charge is 0.270 e. The minimum absolute atomic E-state index is 0.160. The number of anilines is 1. The second-order valence-corrected chi connectivity index (χ2v) is 8.39. The molecule has 0 saturated heterocycles. The molecule has 0 fully saturated rings. The van der Waals surface area contributed by atoms with Crippen molar-refractivity contribution in [3.05, 3.63) is 111 Å². The van der Waals surface area contributed by atoms with Crippen molar-refractivity contribution >= 4 is 40.0 Å². The van der Waals surface area contributed by atoms with Gasteiger partial charge in [0.25, 0.3) is 11.6 Å². The molecule has 0 atom stereocenters. The van der Waals surface area contributed by atoms with Gasteiger partial charge in [-0.1, -0.05) is 41.9 Å². The number of carbonyl (C=O) groups excluding carboxylic acids is 1. The number of nitrogens with one attached hydrogen (secondary N) is 1. The van der Waals surface area contributed by atoms with Crippen LogP contribution in [0.1, 0.15) is 21.6 Å². The molecule has 0 unspecified atom stereocenters. The number of non-ortho nitro benzene ring substituents is 1. The zero-order valence-corrected chi connectivity index (χ0v) is 19.3. The molecule has 1 N–H and O–H groups in total. The van der Waals surface area contributed by atoms with Gasteiger partial charge in [-0.15, -0.1) is 0 Å². The summed E-state index contributed by atoms with van der Waals surface area (Å²) >= 11 is 6.05. The third kappa shape index (κ3) is 4.49. The molecule has 0 bridgehead atoms. The van der Waals surface area contributed by atoms with Gasteiger partial charge in [-0.3, -0.25) is 14.9 Å². The summed E-state index contributed by atoms with van der Waals surface area (Å²) in [6.07, 6.45) is 0. The van der Waals surface area contributed by atoms with Gasteiger partial charge in [0, 0.05) is 28.8 Å². The Morgan fingerprint density at radius 2 is 1.83 bits per heavy atom. The first kappa shape index (κ1) is 22.3. The summed E-state index contributed by atoms with van der Waals surface area (Å²) in [4.78, 5) is 28.3. The summed E-state index contributed by atoms with van der Waals surface area (Å²) < 4.78 is 3.58. The van der Waals surface area contributed by atoms with E-state index in [0.29, 0.717) is 29.0 Å². The van der Waals surface area contributed by atoms with Crippen LogP contribution in [0.25, 0.3) is 17.0 Å². The van der Waals surface area contributed by atoms with Crippen LogP contribution < -0.4 is 5.32 Å². The summed E-state index contributed by atoms with van der Waals surface area (Å²) in [7, 11) is 0. The number of carbonyl (C=O) groups is 1. The topological polar surface area (TPSA) is 108 Å². The molecular formula is C25H19ClN6O3. The highest BCUT2D eigenvalue weighted by Crippen LogP contribution is 2.25. The number of rotatable bonds is 6. The maximum Gasteiger partial charge on any atom is 0.270 e. The monoisotopic (exact) mass is 486 g/mol. The minimum Gasteiger partial charge on any atom is -0.306 e. The van der Waals surface area contributed by atoms with Crippen LogP contribution in [0.5, 0.6) is 0 Å². The summed E-state index contributed by atoms with van der Waals surface area (Å²) in [6.45, 7) is 2.32. The Morgan fingerprint density at radius 1 is 1.06 bits per heavy atom. The first-order chi connectivity index (χ1) is 16.9. The number of aromatic nitrogens is 4. The second-order valence-electron chi connectivity index (χ2n) is 7.96. The fourth-order valence-corrected chi connectivity index (χ4v) is 3.97. The summed E-state index contributed by atoms with van der Waals surface area (Å²) in [6, 6.07) is 22.6. The van der Waals surface area contributed by atoms with Crippen molar-refractivity contribution in [3.8, 4) is 5.95 Å². The molecule has 0 aliphatic carbocycles. The molecule has 9 nitrogen and oxygen atoms in total. The molecule has 174 valence electrons. The van der Waals surface area contributed by atoms with Crippen LogP contribution in [0.3, 0.4) is 0 Å². The molecule has 3 aromatic carbocycles. The molecule has 10 heteroatoms. The molecule has 2 aromatic heterocycles. The maximum absolute atomic E-state index is 12.9. The first-order valence-electron chi connectivity index (χ1n) is 10.7. The van der Waals surface area contributed by atoms with Crippen molar-refractivity contribution in [2.75, 3.05) is 5.32 Å². The Hall–Kier alpha value is -4.50. The van der Waals surface area contributed by atoms with E-state index in [4.69, 9.17) is 16.6 Å². The van der Waals surface area contributed by atoms with Crippen LogP contribution in [0.15, 0.2) is 78.9 Å². The number of hydrogen-bond donors (Lipinski definition) is 1. The maximum atomic E-state index is 12.9. The number of nitro groups is 1. The standard InChI is InChI=1S/C25H19ClN6O3/c1-16-13-23(28-24(33)18-5-4-6-20(14-18)32(34)35)31(29-16)25-27-21-7-2-3-8-22(21)30(25)15-17-9-11-19(26)12-10-17/h2-14H,15H2,1H3,(H,28,33). The van der Waals surface area contributed by atoms with E-state index >= 15 is 0 Å². The van der Waals surface area contributed by atoms with E-state index in [1.54, 1.807) is 10.7 Å². The van der Waals surface area contributed by atoms with E-state index < -0.39 is 10.8 Å². The number of fused-ring (bicyclic) bond motifs is 1. The molecule has 0 spiro atoms. The molecule has 1 amide bonds. The lowest BCUT2D eigenvalue weighted by Gasteiger charge is -2.12. The Labute approximate surface area is 204 Å². The first-order valence-corrected chi connectivity index (χ1v) is 11.1. The fraction of sp³-hybridized carbons (Fsp3) is 0.0800. The second kappa shape index (κ2) is 9.03. The van der Waals surface area contributed by atoms with Gasteiger partial charge < -0.3 is 9.88 Å². The van der Waals surface area contributed by atoms with E-state index in [1.165, 1.54) is 24.3 Å². The molecule has 2 heterocycles. The normalized spacial score (nSPS) is 11.0. The molecule has 5 rings (SSSR count). The Balaban J connectivity index is 1.56. The SMILES string of the molecule is Cc1cc(NC(=O)c2cccc([N+](=O)[O-])c2)n(-c2nc3ccccc3n2Cc2ccc(Cl)cc2)n1. The predicted octanol–water partition coefficient (Wildman–Crippen LogP) is 5.39. The van der Waals surface area contributed by atoms with Crippen LogP contribution in [0.2, 0.25) is 5.02 Å². The van der Waals surface area contributed by atoms with Crippen LogP contribution in [0.4, 0.5) is 11.5 Å². The number of hydrogen-bond acceptors (Lipinski definition) is 5. The van der Waals surface area contributed by atoms with Gasteiger partial charge in [0.15, 0.2) is 0 Å². The van der Waals surface area contributed by atoms with Crippen LogP contribution in [-0.4, -0.2) is 30.2 Å². The van der Waals surface area contributed by atoms with Crippen molar-refractivity contribution in [3.63, 3.8) is 0 Å². The van der Waals surface area contributed by atoms with E-state index in [0.717, 1.165) is 16.6 Å². The molecule has 0 radical (unpaired) electrons. The van der Waals surface area contributed by atoms with Crippen molar-refractivity contribution in [1.82, 2.24) is 19.3 Å². The van der Waals surface area contributed by atoms with Gasteiger partial charge in [0.05, 0.1) is 28.2 Å². The van der Waals surface area contributed by atoms with E-state index in [-0.39, 0.29) is 11.3 Å². The van der Waals surface area contributed by atoms with Crippen LogP contribution >= 0.6 is 11.6 Å². The molecule has 0 saturated carbocycles. The number of para-hydroxylation sites is 2. The lowest BCUT2D eigenvalue weighted by Crippen LogP contribution is -2.17. The average Bonchev–Trinajstić information content (AvgIpc) is 3.40. The largest absolute Gasteiger partial charge is 0.306 e. The summed E-state index contributed by atoms with van der Waals surface area (Å²) in [5, 5.41) is 19.2. The van der Waals surface area contributed by atoms with Crippen molar-refractivity contribution in [2.24, 2.45) is 0 Å². The van der Waals surface area contributed by atoms with Crippen LogP contribution in [-0.2, 0) is 6.54 Å². The van der Waals surface area contributed by atoms with Gasteiger partial charge in [0.1, 0.15) is 5.82 Å². The van der Waals surface area contributed by atoms with Crippen molar-refractivity contribution in [1.29, 1.82) is 0 Å². The molecular weight excluding hydrogens is 468 g/mol. The van der Waals surface area contributed by atoms with Gasteiger partial charge in [-0.25, -0.2) is 4.98 Å². The average molecular weight is 487 g/mol. The minimum atomic E-state index is -0.537. The Kier molecular flexibility index (Phi) is 5.76. The number of nitrogens with zero attached hydrogens (tertiary/aromatic N) is 5. The highest BCUT2D eigenvalue weighted by atomic mass is 35.5. The summed E-state index contributed by atoms with van der Waals surface area (Å²) in [5.41, 5.74) is 3.38. The Morgan fingerprint density at radius 3 is 2.60 bits per heavy atom. The quantitative estimate of drug-likeness (QED) is 0.255. The number of imidazole rings is 1. The van der Waals surface area contributed by atoms with Crippen molar-refractivity contribution in [2.45, 2.75) is 13.5 Å². The van der Waals surface area contributed by atoms with E-state index in [2.05, 4.69) is 10.4 Å².